The number of carbonyl (C=O) groups excluding carboxylic acids is 1. The number of hydrogen-bond acceptors (Lipinski definition) is 4. The fraction of sp³-hybridized carbons (Fsp3) is 0.375. The Hall–Kier alpha value is -2.34. The maximum absolute atomic E-state index is 12.0. The van der Waals surface area contributed by atoms with Crippen LogP contribution in [0.5, 0.6) is 0 Å². The van der Waals surface area contributed by atoms with E-state index in [0.29, 0.717) is 24.5 Å². The standard InChI is InChI=1S/C16H20N2O4/c1-4-21-9-12-5-6-14(22-12)16(20)17-8-13-10(2)7-11(3)18-15(13)19/h5-7H,4,8-9H2,1-3H3,(H,17,20)(H,18,19). The molecule has 6 heteroatoms. The minimum atomic E-state index is -0.359. The molecular weight excluding hydrogens is 284 g/mol. The molecule has 2 rings (SSSR count). The minimum absolute atomic E-state index is 0.155. The minimum Gasteiger partial charge on any atom is -0.453 e. The highest BCUT2D eigenvalue weighted by molar-refractivity contribution is 5.91. The average molecular weight is 304 g/mol. The summed E-state index contributed by atoms with van der Waals surface area (Å²) in [5.74, 6) is 0.439. The molecule has 0 radical (unpaired) electrons. The Morgan fingerprint density at radius 2 is 2.14 bits per heavy atom. The predicted octanol–water partition coefficient (Wildman–Crippen LogP) is 2.05. The van der Waals surface area contributed by atoms with Crippen LogP contribution in [0.3, 0.4) is 0 Å². The van der Waals surface area contributed by atoms with Crippen molar-refractivity contribution in [3.05, 3.63) is 56.9 Å². The number of aromatic nitrogens is 1. The summed E-state index contributed by atoms with van der Waals surface area (Å²) in [6.07, 6.45) is 0. The van der Waals surface area contributed by atoms with Crippen molar-refractivity contribution in [3.63, 3.8) is 0 Å². The number of ether oxygens (including phenoxy) is 1. The Morgan fingerprint density at radius 3 is 2.82 bits per heavy atom. The quantitative estimate of drug-likeness (QED) is 0.855. The predicted molar refractivity (Wildman–Crippen MR) is 81.7 cm³/mol. The monoisotopic (exact) mass is 304 g/mol. The number of aromatic amines is 1. The summed E-state index contributed by atoms with van der Waals surface area (Å²) in [4.78, 5) is 26.6. The van der Waals surface area contributed by atoms with Crippen LogP contribution >= 0.6 is 0 Å². The smallest absolute Gasteiger partial charge is 0.287 e. The largest absolute Gasteiger partial charge is 0.453 e. The lowest BCUT2D eigenvalue weighted by Gasteiger charge is -2.07. The van der Waals surface area contributed by atoms with Gasteiger partial charge >= 0.3 is 0 Å². The number of H-pyrrole nitrogens is 1. The molecule has 0 aliphatic rings. The highest BCUT2D eigenvalue weighted by Crippen LogP contribution is 2.10. The van der Waals surface area contributed by atoms with E-state index in [0.717, 1.165) is 11.3 Å². The van der Waals surface area contributed by atoms with Crippen molar-refractivity contribution in [1.29, 1.82) is 0 Å². The molecular formula is C16H20N2O4. The lowest BCUT2D eigenvalue weighted by atomic mass is 10.1. The van der Waals surface area contributed by atoms with Crippen molar-refractivity contribution in [2.45, 2.75) is 33.9 Å². The molecule has 0 saturated heterocycles. The average Bonchev–Trinajstić information content (AvgIpc) is 2.92. The van der Waals surface area contributed by atoms with Gasteiger partial charge < -0.3 is 19.5 Å². The number of nitrogens with one attached hydrogen (secondary N) is 2. The number of furan rings is 1. The van der Waals surface area contributed by atoms with Crippen molar-refractivity contribution in [3.8, 4) is 0 Å². The first-order valence-corrected chi connectivity index (χ1v) is 7.15. The molecule has 0 aliphatic carbocycles. The van der Waals surface area contributed by atoms with Gasteiger partial charge in [-0.25, -0.2) is 0 Å². The molecule has 2 heterocycles. The van der Waals surface area contributed by atoms with Crippen LogP contribution in [0.1, 0.15) is 40.1 Å². The van der Waals surface area contributed by atoms with Gasteiger partial charge in [-0.3, -0.25) is 9.59 Å². The molecule has 0 bridgehead atoms. The van der Waals surface area contributed by atoms with Gasteiger partial charge in [0.15, 0.2) is 5.76 Å². The van der Waals surface area contributed by atoms with Gasteiger partial charge in [-0.1, -0.05) is 0 Å². The second kappa shape index (κ2) is 7.09. The van der Waals surface area contributed by atoms with Crippen molar-refractivity contribution in [2.75, 3.05) is 6.61 Å². The molecule has 0 atom stereocenters. The third kappa shape index (κ3) is 3.85. The van der Waals surface area contributed by atoms with Gasteiger partial charge in [0.2, 0.25) is 0 Å². The molecule has 0 aromatic carbocycles. The Bertz CT molecular complexity index is 715. The summed E-state index contributed by atoms with van der Waals surface area (Å²) in [6.45, 7) is 6.62. The molecule has 2 aromatic heterocycles. The van der Waals surface area contributed by atoms with Gasteiger partial charge in [-0.05, 0) is 44.5 Å². The number of hydrogen-bond donors (Lipinski definition) is 2. The summed E-state index contributed by atoms with van der Waals surface area (Å²) in [6, 6.07) is 5.17. The van der Waals surface area contributed by atoms with Gasteiger partial charge in [-0.15, -0.1) is 0 Å². The zero-order valence-electron chi connectivity index (χ0n) is 13.0. The molecule has 0 fully saturated rings. The molecule has 22 heavy (non-hydrogen) atoms. The highest BCUT2D eigenvalue weighted by Gasteiger charge is 2.13. The molecule has 6 nitrogen and oxygen atoms in total. The first kappa shape index (κ1) is 16.0. The lowest BCUT2D eigenvalue weighted by Crippen LogP contribution is -2.27. The maximum atomic E-state index is 12.0. The number of carbonyl (C=O) groups is 1. The first-order chi connectivity index (χ1) is 10.5. The van der Waals surface area contributed by atoms with Crippen LogP contribution in [0.2, 0.25) is 0 Å². The third-order valence-electron chi connectivity index (χ3n) is 3.25. The number of pyridine rings is 1. The first-order valence-electron chi connectivity index (χ1n) is 7.15. The van der Waals surface area contributed by atoms with Crippen LogP contribution in [-0.4, -0.2) is 17.5 Å². The number of aryl methyl sites for hydroxylation is 2. The van der Waals surface area contributed by atoms with Crippen molar-refractivity contribution < 1.29 is 13.9 Å². The van der Waals surface area contributed by atoms with Gasteiger partial charge in [0.1, 0.15) is 12.4 Å². The van der Waals surface area contributed by atoms with E-state index in [1.807, 2.05) is 26.8 Å². The van der Waals surface area contributed by atoms with Crippen LogP contribution in [0, 0.1) is 13.8 Å². The van der Waals surface area contributed by atoms with Crippen LogP contribution in [0.4, 0.5) is 0 Å². The van der Waals surface area contributed by atoms with Crippen molar-refractivity contribution in [2.24, 2.45) is 0 Å². The topological polar surface area (TPSA) is 84.3 Å². The van der Waals surface area contributed by atoms with Crippen molar-refractivity contribution in [1.82, 2.24) is 10.3 Å². The molecule has 2 N–H and O–H groups in total. The van der Waals surface area contributed by atoms with Gasteiger partial charge in [0, 0.05) is 24.4 Å². The number of amides is 1. The maximum Gasteiger partial charge on any atom is 0.287 e. The van der Waals surface area contributed by atoms with Crippen LogP contribution in [0.15, 0.2) is 27.4 Å². The molecule has 1 amide bonds. The Morgan fingerprint density at radius 1 is 1.36 bits per heavy atom. The third-order valence-corrected chi connectivity index (χ3v) is 3.25. The molecule has 2 aromatic rings. The molecule has 0 aliphatic heterocycles. The molecule has 118 valence electrons. The fourth-order valence-electron chi connectivity index (χ4n) is 2.14. The Balaban J connectivity index is 2.01. The van der Waals surface area contributed by atoms with Crippen LogP contribution in [-0.2, 0) is 17.9 Å². The highest BCUT2D eigenvalue weighted by atomic mass is 16.5. The molecule has 0 unspecified atom stereocenters. The van der Waals surface area contributed by atoms with Gasteiger partial charge in [0.25, 0.3) is 11.5 Å². The van der Waals surface area contributed by atoms with Crippen LogP contribution < -0.4 is 10.9 Å². The van der Waals surface area contributed by atoms with E-state index < -0.39 is 0 Å². The van der Waals surface area contributed by atoms with E-state index in [4.69, 9.17) is 9.15 Å². The van der Waals surface area contributed by atoms with E-state index >= 15 is 0 Å². The van der Waals surface area contributed by atoms with E-state index in [9.17, 15) is 9.59 Å². The second-order valence-electron chi connectivity index (χ2n) is 5.03. The zero-order chi connectivity index (χ0) is 16.1. The normalized spacial score (nSPS) is 10.7. The van der Waals surface area contributed by atoms with Crippen molar-refractivity contribution >= 4 is 5.91 Å². The summed E-state index contributed by atoms with van der Waals surface area (Å²) in [7, 11) is 0. The number of rotatable bonds is 6. The summed E-state index contributed by atoms with van der Waals surface area (Å²) >= 11 is 0. The second-order valence-corrected chi connectivity index (χ2v) is 5.03. The molecule has 0 spiro atoms. The Kier molecular flexibility index (Phi) is 5.16. The zero-order valence-corrected chi connectivity index (χ0v) is 13.0. The van der Waals surface area contributed by atoms with Gasteiger partial charge in [-0.2, -0.15) is 0 Å². The van der Waals surface area contributed by atoms with E-state index in [1.54, 1.807) is 12.1 Å². The van der Waals surface area contributed by atoms with Gasteiger partial charge in [0.05, 0.1) is 0 Å². The summed E-state index contributed by atoms with van der Waals surface area (Å²) in [5, 5.41) is 2.69. The SMILES string of the molecule is CCOCc1ccc(C(=O)NCc2c(C)cc(C)[nH]c2=O)o1. The van der Waals surface area contributed by atoms with E-state index in [2.05, 4.69) is 10.3 Å². The van der Waals surface area contributed by atoms with Crippen LogP contribution in [0.25, 0.3) is 0 Å². The van der Waals surface area contributed by atoms with E-state index in [-0.39, 0.29) is 23.8 Å². The molecule has 0 saturated carbocycles. The summed E-state index contributed by atoms with van der Waals surface area (Å²) in [5.41, 5.74) is 2.00. The fourth-order valence-corrected chi connectivity index (χ4v) is 2.14. The summed E-state index contributed by atoms with van der Waals surface area (Å²) < 4.78 is 10.6. The van der Waals surface area contributed by atoms with E-state index in [1.165, 1.54) is 0 Å². The lowest BCUT2D eigenvalue weighted by molar-refractivity contribution is 0.0903. The Labute approximate surface area is 128 Å².